The Labute approximate surface area is 173 Å². The Morgan fingerprint density at radius 2 is 1.76 bits per heavy atom. The number of amides is 1. The van der Waals surface area contributed by atoms with Crippen LogP contribution < -0.4 is 4.90 Å². The summed E-state index contributed by atoms with van der Waals surface area (Å²) >= 11 is 5.95. The van der Waals surface area contributed by atoms with Crippen LogP contribution in [0.15, 0.2) is 42.9 Å². The standard InChI is InChI=1S/C20H20ClN7O/c1-26-12-18(24-25-26)20(29)28-10-14-8-27(9-15(14)11-28)19-7-22-17(6-23-19)13-2-4-16(21)5-3-13/h2-7,12,14-15H,8-11H2,1H3. The summed E-state index contributed by atoms with van der Waals surface area (Å²) in [6.45, 7) is 3.24. The second kappa shape index (κ2) is 7.11. The van der Waals surface area contributed by atoms with Gasteiger partial charge in [-0.05, 0) is 12.1 Å². The molecule has 2 aliphatic heterocycles. The summed E-state index contributed by atoms with van der Waals surface area (Å²) in [7, 11) is 1.76. The van der Waals surface area contributed by atoms with Crippen LogP contribution in [0.4, 0.5) is 5.82 Å². The van der Waals surface area contributed by atoms with Gasteiger partial charge in [-0.25, -0.2) is 4.98 Å². The molecule has 2 unspecified atom stereocenters. The molecule has 1 aromatic carbocycles. The molecule has 5 rings (SSSR count). The molecule has 0 spiro atoms. The Balaban J connectivity index is 1.23. The van der Waals surface area contributed by atoms with Crippen molar-refractivity contribution in [1.82, 2.24) is 29.9 Å². The second-order valence-electron chi connectivity index (χ2n) is 7.68. The highest BCUT2D eigenvalue weighted by Crippen LogP contribution is 2.34. The number of carbonyl (C=O) groups excluding carboxylic acids is 1. The van der Waals surface area contributed by atoms with Gasteiger partial charge in [0, 0.05) is 55.6 Å². The van der Waals surface area contributed by atoms with Crippen LogP contribution in [-0.4, -0.2) is 61.9 Å². The first-order valence-electron chi connectivity index (χ1n) is 9.55. The first-order chi connectivity index (χ1) is 14.1. The van der Waals surface area contributed by atoms with Crippen LogP contribution >= 0.6 is 11.6 Å². The van der Waals surface area contributed by atoms with Gasteiger partial charge in [-0.15, -0.1) is 5.10 Å². The molecule has 2 atom stereocenters. The van der Waals surface area contributed by atoms with Gasteiger partial charge < -0.3 is 9.80 Å². The van der Waals surface area contributed by atoms with Crippen molar-refractivity contribution < 1.29 is 4.79 Å². The molecule has 4 heterocycles. The Hall–Kier alpha value is -3.00. The fourth-order valence-electron chi connectivity index (χ4n) is 4.21. The third kappa shape index (κ3) is 3.44. The molecular weight excluding hydrogens is 390 g/mol. The lowest BCUT2D eigenvalue weighted by molar-refractivity contribution is 0.0776. The van der Waals surface area contributed by atoms with Gasteiger partial charge in [0.25, 0.3) is 5.91 Å². The number of likely N-dealkylation sites (tertiary alicyclic amines) is 1. The number of aryl methyl sites for hydroxylation is 1. The van der Waals surface area contributed by atoms with Crippen molar-refractivity contribution >= 4 is 23.3 Å². The summed E-state index contributed by atoms with van der Waals surface area (Å²) in [5.74, 6) is 1.72. The fraction of sp³-hybridized carbons (Fsp3) is 0.350. The van der Waals surface area contributed by atoms with Gasteiger partial charge in [-0.1, -0.05) is 28.9 Å². The van der Waals surface area contributed by atoms with Crippen molar-refractivity contribution in [1.29, 1.82) is 0 Å². The molecule has 0 saturated carbocycles. The monoisotopic (exact) mass is 409 g/mol. The van der Waals surface area contributed by atoms with E-state index in [0.717, 1.165) is 43.3 Å². The summed E-state index contributed by atoms with van der Waals surface area (Å²) in [5.41, 5.74) is 2.23. The Kier molecular flexibility index (Phi) is 4.43. The Bertz CT molecular complexity index is 1020. The van der Waals surface area contributed by atoms with Crippen molar-refractivity contribution in [2.75, 3.05) is 31.1 Å². The summed E-state index contributed by atoms with van der Waals surface area (Å²) in [6.07, 6.45) is 5.30. The van der Waals surface area contributed by atoms with Crippen LogP contribution in [0.1, 0.15) is 10.5 Å². The topological polar surface area (TPSA) is 80.0 Å². The minimum absolute atomic E-state index is 0.0360. The molecular formula is C20H20ClN7O. The number of halogens is 1. The first kappa shape index (κ1) is 18.1. The smallest absolute Gasteiger partial charge is 0.276 e. The average molecular weight is 410 g/mol. The number of hydrogen-bond acceptors (Lipinski definition) is 6. The maximum atomic E-state index is 12.6. The molecule has 8 nitrogen and oxygen atoms in total. The van der Waals surface area contributed by atoms with Crippen molar-refractivity contribution in [3.05, 3.63) is 53.6 Å². The number of aromatic nitrogens is 5. The zero-order valence-electron chi connectivity index (χ0n) is 15.9. The largest absolute Gasteiger partial charge is 0.355 e. The van der Waals surface area contributed by atoms with Gasteiger partial charge in [0.15, 0.2) is 5.69 Å². The van der Waals surface area contributed by atoms with Crippen molar-refractivity contribution in [3.63, 3.8) is 0 Å². The molecule has 29 heavy (non-hydrogen) atoms. The van der Waals surface area contributed by atoms with Crippen LogP contribution in [-0.2, 0) is 7.05 Å². The summed E-state index contributed by atoms with van der Waals surface area (Å²) < 4.78 is 1.55. The van der Waals surface area contributed by atoms with Gasteiger partial charge in [-0.2, -0.15) is 0 Å². The van der Waals surface area contributed by atoms with Crippen molar-refractivity contribution in [2.24, 2.45) is 18.9 Å². The van der Waals surface area contributed by atoms with Crippen LogP contribution in [0.5, 0.6) is 0 Å². The van der Waals surface area contributed by atoms with E-state index in [2.05, 4.69) is 25.2 Å². The summed E-state index contributed by atoms with van der Waals surface area (Å²) in [6, 6.07) is 7.58. The highest BCUT2D eigenvalue weighted by Gasteiger charge is 2.42. The number of benzene rings is 1. The van der Waals surface area contributed by atoms with Crippen LogP contribution in [0.2, 0.25) is 5.02 Å². The van der Waals surface area contributed by atoms with E-state index < -0.39 is 0 Å². The molecule has 0 bridgehead atoms. The predicted molar refractivity (Wildman–Crippen MR) is 109 cm³/mol. The second-order valence-corrected chi connectivity index (χ2v) is 8.12. The van der Waals surface area contributed by atoms with Gasteiger partial charge in [0.1, 0.15) is 5.82 Å². The first-order valence-corrected chi connectivity index (χ1v) is 9.93. The third-order valence-electron chi connectivity index (χ3n) is 5.70. The van der Waals surface area contributed by atoms with E-state index >= 15 is 0 Å². The van der Waals surface area contributed by atoms with E-state index in [1.165, 1.54) is 0 Å². The van der Waals surface area contributed by atoms with Gasteiger partial charge in [0.2, 0.25) is 0 Å². The van der Waals surface area contributed by atoms with Gasteiger partial charge in [0.05, 0.1) is 24.3 Å². The molecule has 0 aliphatic carbocycles. The summed E-state index contributed by atoms with van der Waals surface area (Å²) in [4.78, 5) is 26.0. The van der Waals surface area contributed by atoms with E-state index in [9.17, 15) is 4.79 Å². The lowest BCUT2D eigenvalue weighted by Crippen LogP contribution is -2.33. The highest BCUT2D eigenvalue weighted by molar-refractivity contribution is 6.30. The fourth-order valence-corrected chi connectivity index (χ4v) is 4.33. The number of fused-ring (bicyclic) bond motifs is 1. The van der Waals surface area contributed by atoms with Gasteiger partial charge >= 0.3 is 0 Å². The normalized spacial score (nSPS) is 20.9. The zero-order chi connectivity index (χ0) is 20.0. The van der Waals surface area contributed by atoms with Crippen LogP contribution in [0.25, 0.3) is 11.3 Å². The van der Waals surface area contributed by atoms with Crippen molar-refractivity contribution in [2.45, 2.75) is 0 Å². The highest BCUT2D eigenvalue weighted by atomic mass is 35.5. The SMILES string of the molecule is Cn1cc(C(=O)N2CC3CN(c4cnc(-c5ccc(Cl)cc5)cn4)CC3C2)nn1. The number of nitrogens with zero attached hydrogens (tertiary/aromatic N) is 7. The zero-order valence-corrected chi connectivity index (χ0v) is 16.7. The minimum Gasteiger partial charge on any atom is -0.355 e. The van der Waals surface area contributed by atoms with Crippen LogP contribution in [0.3, 0.4) is 0 Å². The molecule has 2 aromatic heterocycles. The molecule has 3 aromatic rings. The number of rotatable bonds is 3. The van der Waals surface area contributed by atoms with Gasteiger partial charge in [-0.3, -0.25) is 14.5 Å². The molecule has 148 valence electrons. The Morgan fingerprint density at radius 3 is 2.34 bits per heavy atom. The number of anilines is 1. The Morgan fingerprint density at radius 1 is 1.03 bits per heavy atom. The number of hydrogen-bond donors (Lipinski definition) is 0. The van der Waals surface area contributed by atoms with Crippen LogP contribution in [0, 0.1) is 11.8 Å². The molecule has 0 radical (unpaired) electrons. The molecule has 9 heteroatoms. The quantitative estimate of drug-likeness (QED) is 0.659. The van der Waals surface area contributed by atoms with Crippen molar-refractivity contribution in [3.8, 4) is 11.3 Å². The molecule has 2 saturated heterocycles. The van der Waals surface area contributed by atoms with E-state index in [1.807, 2.05) is 35.4 Å². The summed E-state index contributed by atoms with van der Waals surface area (Å²) in [5, 5.41) is 8.50. The third-order valence-corrected chi connectivity index (χ3v) is 5.95. The molecule has 0 N–H and O–H groups in total. The minimum atomic E-state index is -0.0360. The molecule has 2 aliphatic rings. The van der Waals surface area contributed by atoms with E-state index in [4.69, 9.17) is 11.6 Å². The lowest BCUT2D eigenvalue weighted by atomic mass is 10.0. The average Bonchev–Trinajstić information content (AvgIpc) is 3.43. The number of carbonyl (C=O) groups is 1. The molecule has 1 amide bonds. The maximum absolute atomic E-state index is 12.6. The van der Waals surface area contributed by atoms with E-state index in [1.54, 1.807) is 24.1 Å². The lowest BCUT2D eigenvalue weighted by Gasteiger charge is -2.21. The maximum Gasteiger partial charge on any atom is 0.276 e. The molecule has 2 fully saturated rings. The predicted octanol–water partition coefficient (Wildman–Crippen LogP) is 2.13. The van der Waals surface area contributed by atoms with E-state index in [0.29, 0.717) is 22.6 Å². The van der Waals surface area contributed by atoms with E-state index in [-0.39, 0.29) is 5.91 Å².